The molecule has 0 saturated carbocycles. The second kappa shape index (κ2) is 7.01. The Kier molecular flexibility index (Phi) is 5.42. The maximum atomic E-state index is 10.8. The molecule has 0 radical (unpaired) electrons. The van der Waals surface area contributed by atoms with Crippen molar-refractivity contribution in [1.82, 2.24) is 0 Å². The fraction of sp³-hybridized carbons (Fsp3) is 0.478. The fourth-order valence-corrected chi connectivity index (χ4v) is 3.08. The van der Waals surface area contributed by atoms with Gasteiger partial charge in [0, 0.05) is 0 Å². The Labute approximate surface area is 147 Å². The maximum Gasteiger partial charge on any atom is 0.123 e. The molecule has 0 amide bonds. The van der Waals surface area contributed by atoms with Crippen molar-refractivity contribution in [3.63, 3.8) is 0 Å². The molecule has 1 aliphatic rings. The predicted octanol–water partition coefficient (Wildman–Crippen LogP) is 6.22. The molecule has 0 heterocycles. The minimum atomic E-state index is -0.0687. The number of allylic oxidation sites excluding steroid dienone is 6. The van der Waals surface area contributed by atoms with Gasteiger partial charge in [-0.3, -0.25) is 0 Å². The van der Waals surface area contributed by atoms with Gasteiger partial charge < -0.3 is 5.11 Å². The minimum Gasteiger partial charge on any atom is -0.507 e. The van der Waals surface area contributed by atoms with Crippen molar-refractivity contribution in [1.29, 1.82) is 0 Å². The molecule has 1 atom stereocenters. The molecular formula is C23H32O. The highest BCUT2D eigenvalue weighted by atomic mass is 16.3. The zero-order valence-corrected chi connectivity index (χ0v) is 16.1. The van der Waals surface area contributed by atoms with E-state index in [0.29, 0.717) is 11.7 Å². The summed E-state index contributed by atoms with van der Waals surface area (Å²) in [6.07, 6.45) is 15.2. The molecule has 1 nitrogen and oxygen atoms in total. The van der Waals surface area contributed by atoms with E-state index >= 15 is 0 Å². The largest absolute Gasteiger partial charge is 0.507 e. The Hall–Kier alpha value is -1.76. The van der Waals surface area contributed by atoms with Crippen molar-refractivity contribution in [2.24, 2.45) is 5.92 Å². The summed E-state index contributed by atoms with van der Waals surface area (Å²) in [5.41, 5.74) is 3.22. The van der Waals surface area contributed by atoms with Crippen LogP contribution in [-0.2, 0) is 17.3 Å². The van der Waals surface area contributed by atoms with Crippen molar-refractivity contribution in [2.75, 3.05) is 0 Å². The third-order valence-corrected chi connectivity index (χ3v) is 4.54. The average Bonchev–Trinajstić information content (AvgIpc) is 2.47. The molecular weight excluding hydrogens is 292 g/mol. The molecule has 1 aromatic rings. The quantitative estimate of drug-likeness (QED) is 0.654. The van der Waals surface area contributed by atoms with Gasteiger partial charge in [0.1, 0.15) is 5.75 Å². The Morgan fingerprint density at radius 2 is 1.58 bits per heavy atom. The summed E-state index contributed by atoms with van der Waals surface area (Å²) in [5, 5.41) is 10.8. The highest BCUT2D eigenvalue weighted by Gasteiger charge is 2.26. The smallest absolute Gasteiger partial charge is 0.123 e. The first kappa shape index (κ1) is 18.6. The number of phenols is 1. The lowest BCUT2D eigenvalue weighted by Crippen LogP contribution is -2.17. The highest BCUT2D eigenvalue weighted by Crippen LogP contribution is 2.39. The van der Waals surface area contributed by atoms with Gasteiger partial charge in [0.2, 0.25) is 0 Å². The highest BCUT2D eigenvalue weighted by molar-refractivity contribution is 5.50. The first-order valence-electron chi connectivity index (χ1n) is 8.96. The summed E-state index contributed by atoms with van der Waals surface area (Å²) < 4.78 is 0. The van der Waals surface area contributed by atoms with E-state index in [0.717, 1.165) is 24.0 Å². The lowest BCUT2D eigenvalue weighted by molar-refractivity contribution is 0.423. The number of rotatable bonds is 3. The van der Waals surface area contributed by atoms with E-state index in [1.165, 1.54) is 5.56 Å². The molecule has 1 aromatic carbocycles. The zero-order valence-electron chi connectivity index (χ0n) is 16.1. The third-order valence-electron chi connectivity index (χ3n) is 4.54. The first-order valence-corrected chi connectivity index (χ1v) is 8.96. The van der Waals surface area contributed by atoms with E-state index in [1.54, 1.807) is 0 Å². The number of hydrogen-bond donors (Lipinski definition) is 1. The maximum absolute atomic E-state index is 10.8. The van der Waals surface area contributed by atoms with Crippen LogP contribution in [0.5, 0.6) is 5.75 Å². The van der Waals surface area contributed by atoms with Crippen LogP contribution in [0.1, 0.15) is 64.7 Å². The molecule has 0 aromatic heterocycles. The second-order valence-electron chi connectivity index (χ2n) is 8.88. The fourth-order valence-electron chi connectivity index (χ4n) is 3.08. The van der Waals surface area contributed by atoms with E-state index in [4.69, 9.17) is 0 Å². The lowest BCUT2D eigenvalue weighted by atomic mass is 9.78. The zero-order chi connectivity index (χ0) is 18.0. The van der Waals surface area contributed by atoms with Gasteiger partial charge in [-0.05, 0) is 46.3 Å². The number of aromatic hydroxyl groups is 1. The second-order valence-corrected chi connectivity index (χ2v) is 8.88. The van der Waals surface area contributed by atoms with Crippen LogP contribution in [0.4, 0.5) is 0 Å². The van der Waals surface area contributed by atoms with Gasteiger partial charge in [-0.1, -0.05) is 90.1 Å². The topological polar surface area (TPSA) is 20.2 Å². The lowest BCUT2D eigenvalue weighted by Gasteiger charge is -2.28. The van der Waals surface area contributed by atoms with E-state index in [-0.39, 0.29) is 10.8 Å². The van der Waals surface area contributed by atoms with Gasteiger partial charge >= 0.3 is 0 Å². The Morgan fingerprint density at radius 1 is 1.00 bits per heavy atom. The molecule has 2 rings (SSSR count). The van der Waals surface area contributed by atoms with Gasteiger partial charge in [0.15, 0.2) is 0 Å². The molecule has 1 aliphatic carbocycles. The molecule has 1 N–H and O–H groups in total. The van der Waals surface area contributed by atoms with E-state index in [2.05, 4.69) is 90.1 Å². The van der Waals surface area contributed by atoms with Crippen LogP contribution in [0.15, 0.2) is 48.6 Å². The van der Waals surface area contributed by atoms with Gasteiger partial charge in [0.05, 0.1) is 0 Å². The standard InChI is InChI=1S/C23H32O/c1-22(2,3)19-15-18(16-20(21(19)24)23(4,5)6)14-10-13-17-11-8-7-9-12-17/h7-11,13,15-17,24H,12,14H2,1-6H3. The van der Waals surface area contributed by atoms with Crippen LogP contribution in [0, 0.1) is 5.92 Å². The molecule has 1 heteroatoms. The number of phenolic OH excluding ortho intramolecular Hbond substituents is 1. The molecule has 24 heavy (non-hydrogen) atoms. The van der Waals surface area contributed by atoms with Crippen LogP contribution in [0.3, 0.4) is 0 Å². The summed E-state index contributed by atoms with van der Waals surface area (Å²) in [6.45, 7) is 13.0. The molecule has 0 bridgehead atoms. The average molecular weight is 325 g/mol. The molecule has 0 spiro atoms. The van der Waals surface area contributed by atoms with Crippen molar-refractivity contribution in [3.8, 4) is 5.75 Å². The van der Waals surface area contributed by atoms with Gasteiger partial charge in [-0.15, -0.1) is 0 Å². The van der Waals surface area contributed by atoms with Crippen molar-refractivity contribution in [3.05, 3.63) is 65.3 Å². The Bertz CT molecular complexity index is 625. The van der Waals surface area contributed by atoms with Crippen molar-refractivity contribution in [2.45, 2.75) is 65.2 Å². The van der Waals surface area contributed by atoms with Crippen LogP contribution in [0.2, 0.25) is 0 Å². The molecule has 130 valence electrons. The van der Waals surface area contributed by atoms with E-state index < -0.39 is 0 Å². The number of benzene rings is 1. The van der Waals surface area contributed by atoms with Crippen molar-refractivity contribution < 1.29 is 5.11 Å². The van der Waals surface area contributed by atoms with Gasteiger partial charge in [0.25, 0.3) is 0 Å². The monoisotopic (exact) mass is 324 g/mol. The molecule has 0 aliphatic heterocycles. The normalized spacial score (nSPS) is 18.5. The summed E-state index contributed by atoms with van der Waals surface area (Å²) >= 11 is 0. The number of hydrogen-bond acceptors (Lipinski definition) is 1. The van der Waals surface area contributed by atoms with E-state index in [9.17, 15) is 5.11 Å². The minimum absolute atomic E-state index is 0.0687. The Balaban J connectivity index is 2.31. The molecule has 0 saturated heterocycles. The van der Waals surface area contributed by atoms with Crippen LogP contribution in [-0.4, -0.2) is 5.11 Å². The van der Waals surface area contributed by atoms with Crippen molar-refractivity contribution >= 4 is 0 Å². The van der Waals surface area contributed by atoms with Crippen LogP contribution in [0.25, 0.3) is 0 Å². The SMILES string of the molecule is CC(C)(C)c1cc(CC=CC2C=CC=CC2)cc(C(C)(C)C)c1O. The summed E-state index contributed by atoms with van der Waals surface area (Å²) in [5.74, 6) is 0.972. The summed E-state index contributed by atoms with van der Waals surface area (Å²) in [4.78, 5) is 0. The van der Waals surface area contributed by atoms with Crippen LogP contribution < -0.4 is 0 Å². The van der Waals surface area contributed by atoms with Gasteiger partial charge in [-0.2, -0.15) is 0 Å². The third kappa shape index (κ3) is 4.63. The Morgan fingerprint density at radius 3 is 2.04 bits per heavy atom. The molecule has 1 unspecified atom stereocenters. The van der Waals surface area contributed by atoms with Gasteiger partial charge in [-0.25, -0.2) is 0 Å². The van der Waals surface area contributed by atoms with E-state index in [1.807, 2.05) is 0 Å². The summed E-state index contributed by atoms with van der Waals surface area (Å²) in [7, 11) is 0. The molecule has 0 fully saturated rings. The van der Waals surface area contributed by atoms with Crippen LogP contribution >= 0.6 is 0 Å². The first-order chi connectivity index (χ1) is 11.1. The summed E-state index contributed by atoms with van der Waals surface area (Å²) in [6, 6.07) is 4.34. The predicted molar refractivity (Wildman–Crippen MR) is 105 cm³/mol.